The Morgan fingerprint density at radius 1 is 1.05 bits per heavy atom. The van der Waals surface area contributed by atoms with E-state index in [-0.39, 0.29) is 5.41 Å². The van der Waals surface area contributed by atoms with Gasteiger partial charge in [-0.2, -0.15) is 0 Å². The molecule has 1 aromatic heterocycles. The highest BCUT2D eigenvalue weighted by Gasteiger charge is 2.54. The van der Waals surface area contributed by atoms with Crippen LogP contribution in [0.25, 0.3) is 0 Å². The summed E-state index contributed by atoms with van der Waals surface area (Å²) >= 11 is 6.22. The summed E-state index contributed by atoms with van der Waals surface area (Å²) in [5.74, 6) is 2.35. The lowest BCUT2D eigenvalue weighted by atomic mass is 9.59. The van der Waals surface area contributed by atoms with Crippen molar-refractivity contribution in [1.29, 1.82) is 0 Å². The third kappa shape index (κ3) is 4.78. The Labute approximate surface area is 254 Å². The highest BCUT2D eigenvalue weighted by atomic mass is 35.5. The molecule has 0 saturated heterocycles. The standard InChI is InChI=1S/C36H41ClN2O3/c1-23(22-42-31-13-18-38-33-25-11-9-24(10-12-25)32(31)33)19-27-20-26-5-2-3-8-30(26)35(27)14-16-36(17-15-35,34(40)41)39-29-7-4-6-28(37)21-29/h2-8,13,18,21,23-25,27,39H,9-12,14-17,19-20,22H2,1H3,(H,40,41)/t23-,24?,25?,27+,35?,36?/m1/s1. The van der Waals surface area contributed by atoms with Crippen LogP contribution < -0.4 is 10.1 Å². The number of hydrogen-bond donors (Lipinski definition) is 2. The summed E-state index contributed by atoms with van der Waals surface area (Å²) in [4.78, 5) is 17.5. The van der Waals surface area contributed by atoms with Crippen molar-refractivity contribution in [1.82, 2.24) is 4.98 Å². The topological polar surface area (TPSA) is 71.5 Å². The summed E-state index contributed by atoms with van der Waals surface area (Å²) in [5, 5.41) is 14.4. The molecule has 0 aliphatic heterocycles. The lowest BCUT2D eigenvalue weighted by Gasteiger charge is -2.47. The minimum absolute atomic E-state index is 0.00516. The van der Waals surface area contributed by atoms with Gasteiger partial charge in [0.05, 0.1) is 12.3 Å². The third-order valence-corrected chi connectivity index (χ3v) is 11.4. The number of ether oxygens (including phenoxy) is 1. The number of pyridine rings is 1. The fourth-order valence-electron chi connectivity index (χ4n) is 8.98. The van der Waals surface area contributed by atoms with E-state index in [1.165, 1.54) is 48.1 Å². The number of anilines is 1. The van der Waals surface area contributed by atoms with Gasteiger partial charge in [0.25, 0.3) is 0 Å². The molecule has 42 heavy (non-hydrogen) atoms. The summed E-state index contributed by atoms with van der Waals surface area (Å²) in [6.45, 7) is 3.02. The van der Waals surface area contributed by atoms with Crippen LogP contribution in [0.4, 0.5) is 5.69 Å². The molecule has 5 aliphatic rings. The molecule has 1 heterocycles. The highest BCUT2D eigenvalue weighted by Crippen LogP contribution is 2.56. The van der Waals surface area contributed by atoms with E-state index in [4.69, 9.17) is 21.3 Å². The number of halogens is 1. The van der Waals surface area contributed by atoms with E-state index >= 15 is 0 Å². The molecule has 0 unspecified atom stereocenters. The van der Waals surface area contributed by atoms with Crippen LogP contribution in [0.3, 0.4) is 0 Å². The Balaban J connectivity index is 1.08. The van der Waals surface area contributed by atoms with E-state index in [2.05, 4.69) is 42.6 Å². The summed E-state index contributed by atoms with van der Waals surface area (Å²) in [6.07, 6.45) is 12.0. The van der Waals surface area contributed by atoms with Gasteiger partial charge in [-0.1, -0.05) is 48.9 Å². The zero-order valence-electron chi connectivity index (χ0n) is 24.4. The fraction of sp³-hybridized carbons (Fsp3) is 0.500. The number of nitrogens with one attached hydrogen (secondary N) is 1. The van der Waals surface area contributed by atoms with E-state index in [0.29, 0.717) is 48.1 Å². The minimum atomic E-state index is -0.993. The van der Waals surface area contributed by atoms with Crippen molar-refractivity contribution in [3.8, 4) is 5.75 Å². The number of carboxylic acid groups (broad SMARTS) is 1. The van der Waals surface area contributed by atoms with Crippen molar-refractivity contribution in [2.24, 2.45) is 11.8 Å². The van der Waals surface area contributed by atoms with E-state index in [9.17, 15) is 9.90 Å². The van der Waals surface area contributed by atoms with E-state index in [1.54, 1.807) is 0 Å². The maximum Gasteiger partial charge on any atom is 0.329 e. The zero-order chi connectivity index (χ0) is 28.9. The molecule has 2 saturated carbocycles. The number of hydrogen-bond acceptors (Lipinski definition) is 4. The van der Waals surface area contributed by atoms with Gasteiger partial charge in [-0.3, -0.25) is 4.98 Å². The Kier molecular flexibility index (Phi) is 7.20. The Hall–Kier alpha value is -3.05. The molecule has 2 N–H and O–H groups in total. The molecule has 0 amide bonds. The molecule has 220 valence electrons. The van der Waals surface area contributed by atoms with Crippen molar-refractivity contribution in [2.75, 3.05) is 11.9 Å². The van der Waals surface area contributed by atoms with Crippen LogP contribution in [0, 0.1) is 11.8 Å². The van der Waals surface area contributed by atoms with Crippen LogP contribution in [0.1, 0.15) is 98.9 Å². The molecule has 2 fully saturated rings. The average molecular weight is 585 g/mol. The summed E-state index contributed by atoms with van der Waals surface area (Å²) in [5.41, 5.74) is 5.32. The molecule has 3 aromatic rings. The van der Waals surface area contributed by atoms with Crippen LogP contribution in [0.5, 0.6) is 5.75 Å². The Bertz CT molecular complexity index is 1470. The molecule has 0 radical (unpaired) electrons. The second-order valence-electron chi connectivity index (χ2n) is 13.5. The number of nitrogens with zero attached hydrogens (tertiary/aromatic N) is 1. The lowest BCUT2D eigenvalue weighted by molar-refractivity contribution is -0.144. The first-order chi connectivity index (χ1) is 20.4. The van der Waals surface area contributed by atoms with E-state index in [0.717, 1.165) is 37.1 Å². The fourth-order valence-corrected chi connectivity index (χ4v) is 9.17. The van der Waals surface area contributed by atoms with E-state index < -0.39 is 11.5 Å². The van der Waals surface area contributed by atoms with Crippen molar-refractivity contribution in [3.05, 3.63) is 88.2 Å². The molecule has 2 atom stereocenters. The van der Waals surface area contributed by atoms with Crippen molar-refractivity contribution in [3.63, 3.8) is 0 Å². The molecule has 6 heteroatoms. The second kappa shape index (κ2) is 10.9. The lowest BCUT2D eigenvalue weighted by Crippen LogP contribution is -2.53. The average Bonchev–Trinajstić information content (AvgIpc) is 3.30. The van der Waals surface area contributed by atoms with Crippen LogP contribution in [-0.2, 0) is 16.6 Å². The molecule has 2 aromatic carbocycles. The normalized spacial score (nSPS) is 30.0. The van der Waals surface area contributed by atoms with E-state index in [1.807, 2.05) is 30.5 Å². The van der Waals surface area contributed by atoms with Crippen molar-refractivity contribution < 1.29 is 14.6 Å². The highest BCUT2D eigenvalue weighted by molar-refractivity contribution is 6.30. The van der Waals surface area contributed by atoms with Crippen molar-refractivity contribution >= 4 is 23.3 Å². The van der Waals surface area contributed by atoms with Gasteiger partial charge in [0.15, 0.2) is 0 Å². The number of aliphatic carboxylic acids is 1. The third-order valence-electron chi connectivity index (χ3n) is 11.1. The van der Waals surface area contributed by atoms with Crippen LogP contribution in [0.2, 0.25) is 5.02 Å². The number of carboxylic acids is 1. The quantitative estimate of drug-likeness (QED) is 0.278. The first-order valence-electron chi connectivity index (χ1n) is 15.8. The monoisotopic (exact) mass is 584 g/mol. The smallest absolute Gasteiger partial charge is 0.329 e. The molecular weight excluding hydrogens is 544 g/mol. The van der Waals surface area contributed by atoms with Gasteiger partial charge >= 0.3 is 5.97 Å². The number of rotatable bonds is 8. The maximum absolute atomic E-state index is 12.7. The van der Waals surface area contributed by atoms with Crippen LogP contribution in [0.15, 0.2) is 60.8 Å². The largest absolute Gasteiger partial charge is 0.493 e. The minimum Gasteiger partial charge on any atom is -0.493 e. The zero-order valence-corrected chi connectivity index (χ0v) is 25.2. The number of benzene rings is 2. The molecule has 5 nitrogen and oxygen atoms in total. The summed E-state index contributed by atoms with van der Waals surface area (Å²) < 4.78 is 6.58. The summed E-state index contributed by atoms with van der Waals surface area (Å²) in [6, 6.07) is 18.4. The van der Waals surface area contributed by atoms with Gasteiger partial charge < -0.3 is 15.2 Å². The molecule has 5 aliphatic carbocycles. The van der Waals surface area contributed by atoms with Gasteiger partial charge in [-0.05, 0) is 123 Å². The molecule has 8 rings (SSSR count). The predicted octanol–water partition coefficient (Wildman–Crippen LogP) is 8.51. The summed E-state index contributed by atoms with van der Waals surface area (Å²) in [7, 11) is 0. The molecular formula is C36H41ClN2O3. The predicted molar refractivity (Wildman–Crippen MR) is 167 cm³/mol. The Morgan fingerprint density at radius 3 is 2.57 bits per heavy atom. The Morgan fingerprint density at radius 2 is 1.81 bits per heavy atom. The van der Waals surface area contributed by atoms with Crippen molar-refractivity contribution in [2.45, 2.75) is 93.9 Å². The second-order valence-corrected chi connectivity index (χ2v) is 14.0. The molecule has 1 spiro atoms. The number of carbonyl (C=O) groups is 1. The van der Waals surface area contributed by atoms with Gasteiger partial charge in [0.2, 0.25) is 0 Å². The van der Waals surface area contributed by atoms with Crippen LogP contribution in [-0.4, -0.2) is 28.2 Å². The first-order valence-corrected chi connectivity index (χ1v) is 16.2. The number of fused-ring (bicyclic) bond motifs is 4. The van der Waals surface area contributed by atoms with Gasteiger partial charge in [-0.25, -0.2) is 4.79 Å². The van der Waals surface area contributed by atoms with Crippen LogP contribution >= 0.6 is 11.6 Å². The first kappa shape index (κ1) is 27.8. The van der Waals surface area contributed by atoms with Gasteiger partial charge in [-0.15, -0.1) is 0 Å². The SMILES string of the molecule is C[C@@H](COc1ccnc2c1C1CCC2CC1)C[C@H]1Cc2ccccc2C12CCC(Nc1cccc(Cl)c1)(C(=O)O)CC2. The maximum atomic E-state index is 12.7. The van der Waals surface area contributed by atoms with Gasteiger partial charge in [0, 0.05) is 28.4 Å². The molecule has 2 bridgehead atoms. The van der Waals surface area contributed by atoms with Gasteiger partial charge in [0.1, 0.15) is 11.3 Å². The number of aromatic nitrogens is 1.